The van der Waals surface area contributed by atoms with Crippen molar-refractivity contribution in [2.75, 3.05) is 13.2 Å². The Hall–Kier alpha value is -1.67. The van der Waals surface area contributed by atoms with Gasteiger partial charge in [-0.1, -0.05) is 115 Å². The first-order chi connectivity index (χ1) is 24.9. The van der Waals surface area contributed by atoms with Gasteiger partial charge in [-0.05, 0) is 44.9 Å². The molecule has 1 fully saturated rings. The second kappa shape index (κ2) is 29.7. The van der Waals surface area contributed by atoms with E-state index in [0.717, 1.165) is 77.0 Å². The molecule has 52 heavy (non-hydrogen) atoms. The summed E-state index contributed by atoms with van der Waals surface area (Å²) in [5.74, 6) is -1.12. The molecule has 0 radical (unpaired) electrons. The van der Waals surface area contributed by atoms with Gasteiger partial charge < -0.3 is 39.9 Å². The minimum atomic E-state index is -5.10. The number of phosphoric acid groups is 1. The normalized spacial score (nSPS) is 23.9. The fraction of sp³-hybridized carbons (Fsp3) is 0.842. The molecule has 0 amide bonds. The third-order valence-electron chi connectivity index (χ3n) is 9.05. The van der Waals surface area contributed by atoms with Crippen molar-refractivity contribution in [1.29, 1.82) is 0 Å². The van der Waals surface area contributed by atoms with Crippen molar-refractivity contribution in [2.24, 2.45) is 0 Å². The van der Waals surface area contributed by atoms with Gasteiger partial charge in [0.1, 0.15) is 43.2 Å². The van der Waals surface area contributed by atoms with Gasteiger partial charge in [0.2, 0.25) is 0 Å². The third-order valence-corrected chi connectivity index (χ3v) is 10.0. The number of hydrogen-bond acceptors (Lipinski definition) is 12. The highest BCUT2D eigenvalue weighted by molar-refractivity contribution is 7.47. The molecule has 1 rings (SSSR count). The molecule has 6 unspecified atom stereocenters. The maximum atomic E-state index is 12.7. The summed E-state index contributed by atoms with van der Waals surface area (Å²) in [7, 11) is -5.10. The van der Waals surface area contributed by atoms with Crippen molar-refractivity contribution in [1.82, 2.24) is 0 Å². The van der Waals surface area contributed by atoms with E-state index in [2.05, 4.69) is 38.2 Å². The quantitative estimate of drug-likeness (QED) is 0.0204. The van der Waals surface area contributed by atoms with Crippen molar-refractivity contribution in [2.45, 2.75) is 191 Å². The molecule has 13 nitrogen and oxygen atoms in total. The molecule has 1 aliphatic carbocycles. The van der Waals surface area contributed by atoms with E-state index in [-0.39, 0.29) is 12.8 Å². The first kappa shape index (κ1) is 48.3. The summed E-state index contributed by atoms with van der Waals surface area (Å²) in [5.41, 5.74) is 0. The molecule has 0 saturated heterocycles. The number of ether oxygens (including phenoxy) is 2. The fourth-order valence-corrected chi connectivity index (χ4v) is 6.76. The standard InChI is InChI=1S/C38H69O13P/c1-3-5-7-9-10-11-12-13-14-15-16-17-18-19-20-21-23-25-27-32(40)50-30(28-48-31(39)26-24-22-8-6-4-2)29-49-52(46,47)51-38-36(44)34(42)33(41)35(43)37(38)45/h11-12,14-15,30,33-38,41-45H,3-10,13,16-29H2,1-2H3,(H,46,47)/b12-11-,15-14-. The van der Waals surface area contributed by atoms with Crippen molar-refractivity contribution in [3.05, 3.63) is 24.3 Å². The van der Waals surface area contributed by atoms with Gasteiger partial charge in [-0.15, -0.1) is 0 Å². The Labute approximate surface area is 311 Å². The van der Waals surface area contributed by atoms with Crippen LogP contribution in [0.1, 0.15) is 149 Å². The molecule has 0 spiro atoms. The zero-order chi connectivity index (χ0) is 38.6. The lowest BCUT2D eigenvalue weighted by Crippen LogP contribution is -2.64. The molecule has 0 aliphatic heterocycles. The zero-order valence-corrected chi connectivity index (χ0v) is 32.5. The Kier molecular flexibility index (Phi) is 27.6. The summed E-state index contributed by atoms with van der Waals surface area (Å²) in [6, 6.07) is 0. The molecule has 304 valence electrons. The van der Waals surface area contributed by atoms with Crippen LogP contribution in [0.2, 0.25) is 0 Å². The summed E-state index contributed by atoms with van der Waals surface area (Å²) >= 11 is 0. The number of phosphoric ester groups is 1. The average Bonchev–Trinajstić information content (AvgIpc) is 3.12. The molecular weight excluding hydrogens is 695 g/mol. The van der Waals surface area contributed by atoms with Crippen LogP contribution in [0, 0.1) is 0 Å². The molecule has 0 bridgehead atoms. The smallest absolute Gasteiger partial charge is 0.462 e. The number of carbonyl (C=O) groups is 2. The van der Waals surface area contributed by atoms with E-state index < -0.39 is 75.7 Å². The number of allylic oxidation sites excluding steroid dienone is 4. The van der Waals surface area contributed by atoms with Crippen LogP contribution >= 0.6 is 7.82 Å². The van der Waals surface area contributed by atoms with Crippen LogP contribution < -0.4 is 0 Å². The van der Waals surface area contributed by atoms with Gasteiger partial charge in [-0.25, -0.2) is 4.57 Å². The molecule has 0 aromatic rings. The maximum absolute atomic E-state index is 12.7. The van der Waals surface area contributed by atoms with Gasteiger partial charge in [0.25, 0.3) is 0 Å². The van der Waals surface area contributed by atoms with E-state index in [9.17, 15) is 44.6 Å². The lowest BCUT2D eigenvalue weighted by molar-refractivity contribution is -0.220. The molecule has 6 N–H and O–H groups in total. The minimum Gasteiger partial charge on any atom is -0.462 e. The molecule has 1 saturated carbocycles. The summed E-state index contributed by atoms with van der Waals surface area (Å²) in [6.45, 7) is 3.13. The Morgan fingerprint density at radius 2 is 1.04 bits per heavy atom. The fourth-order valence-electron chi connectivity index (χ4n) is 5.79. The van der Waals surface area contributed by atoms with Gasteiger partial charge in [-0.2, -0.15) is 0 Å². The van der Waals surface area contributed by atoms with Crippen LogP contribution in [0.25, 0.3) is 0 Å². The van der Waals surface area contributed by atoms with Crippen LogP contribution in [-0.4, -0.2) is 98.3 Å². The largest absolute Gasteiger partial charge is 0.472 e. The summed E-state index contributed by atoms with van der Waals surface area (Å²) in [6.07, 6.45) is 15.9. The van der Waals surface area contributed by atoms with E-state index in [4.69, 9.17) is 18.5 Å². The Morgan fingerprint density at radius 1 is 0.596 bits per heavy atom. The van der Waals surface area contributed by atoms with Crippen molar-refractivity contribution >= 4 is 19.8 Å². The lowest BCUT2D eigenvalue weighted by Gasteiger charge is -2.41. The molecule has 6 atom stereocenters. The third kappa shape index (κ3) is 22.5. The van der Waals surface area contributed by atoms with Gasteiger partial charge in [0, 0.05) is 12.8 Å². The van der Waals surface area contributed by atoms with E-state index in [1.54, 1.807) is 0 Å². The first-order valence-corrected chi connectivity index (χ1v) is 21.1. The van der Waals surface area contributed by atoms with Crippen molar-refractivity contribution < 1.29 is 63.1 Å². The number of unbranched alkanes of at least 4 members (excludes halogenated alkanes) is 15. The topological polar surface area (TPSA) is 210 Å². The maximum Gasteiger partial charge on any atom is 0.472 e. The monoisotopic (exact) mass is 764 g/mol. The highest BCUT2D eigenvalue weighted by Crippen LogP contribution is 2.47. The molecular formula is C38H69O13P. The predicted molar refractivity (Wildman–Crippen MR) is 198 cm³/mol. The minimum absolute atomic E-state index is 0.0890. The van der Waals surface area contributed by atoms with Crippen molar-refractivity contribution in [3.8, 4) is 0 Å². The number of hydrogen-bond donors (Lipinski definition) is 6. The second-order valence-corrected chi connectivity index (χ2v) is 15.2. The van der Waals surface area contributed by atoms with Crippen LogP contribution in [-0.2, 0) is 32.7 Å². The SMILES string of the molecule is CCCCCC/C=C\C/C=C\CCCCCCCCCC(=O)OC(COC(=O)CCCCCCC)COP(=O)(O)OC1C(O)C(O)C(O)C(O)C1O. The van der Waals surface area contributed by atoms with Gasteiger partial charge in [-0.3, -0.25) is 18.6 Å². The first-order valence-electron chi connectivity index (χ1n) is 19.6. The average molecular weight is 765 g/mol. The van der Waals surface area contributed by atoms with Crippen LogP contribution in [0.5, 0.6) is 0 Å². The zero-order valence-electron chi connectivity index (χ0n) is 31.6. The number of rotatable bonds is 31. The Morgan fingerprint density at radius 3 is 1.58 bits per heavy atom. The lowest BCUT2D eigenvalue weighted by atomic mass is 9.85. The predicted octanol–water partition coefficient (Wildman–Crippen LogP) is 6.11. The number of aliphatic hydroxyl groups excluding tert-OH is 5. The number of carbonyl (C=O) groups excluding carboxylic acids is 2. The highest BCUT2D eigenvalue weighted by atomic mass is 31.2. The van der Waals surface area contributed by atoms with Crippen molar-refractivity contribution in [3.63, 3.8) is 0 Å². The van der Waals surface area contributed by atoms with Gasteiger partial charge in [0.05, 0.1) is 6.61 Å². The highest BCUT2D eigenvalue weighted by Gasteiger charge is 2.51. The Balaban J connectivity index is 2.44. The van der Waals surface area contributed by atoms with Gasteiger partial charge in [0.15, 0.2) is 6.10 Å². The molecule has 0 aromatic carbocycles. The van der Waals surface area contributed by atoms with E-state index >= 15 is 0 Å². The molecule has 0 aromatic heterocycles. The molecule has 1 aliphatic rings. The summed E-state index contributed by atoms with van der Waals surface area (Å²) in [5, 5.41) is 49.8. The molecule has 14 heteroatoms. The summed E-state index contributed by atoms with van der Waals surface area (Å²) in [4.78, 5) is 35.2. The van der Waals surface area contributed by atoms with Gasteiger partial charge >= 0.3 is 19.8 Å². The van der Waals surface area contributed by atoms with E-state index in [0.29, 0.717) is 12.8 Å². The number of aliphatic hydroxyl groups is 5. The van der Waals surface area contributed by atoms with Crippen LogP contribution in [0.15, 0.2) is 24.3 Å². The number of esters is 2. The molecule has 0 heterocycles. The second-order valence-electron chi connectivity index (χ2n) is 13.8. The van der Waals surface area contributed by atoms with E-state index in [1.165, 1.54) is 32.1 Å². The summed E-state index contributed by atoms with van der Waals surface area (Å²) < 4.78 is 33.1. The van der Waals surface area contributed by atoms with E-state index in [1.807, 2.05) is 0 Å². The van der Waals surface area contributed by atoms with Crippen LogP contribution in [0.3, 0.4) is 0 Å². The van der Waals surface area contributed by atoms with Crippen LogP contribution in [0.4, 0.5) is 0 Å². The Bertz CT molecular complexity index is 1020.